The normalized spacial score (nSPS) is 20.2. The van der Waals surface area contributed by atoms with Crippen LogP contribution in [0.1, 0.15) is 96.1 Å². The largest absolute Gasteiger partial charge is 0.496 e. The fourth-order valence-corrected chi connectivity index (χ4v) is 4.27. The summed E-state index contributed by atoms with van der Waals surface area (Å²) >= 11 is 0. The number of hydrogen-bond acceptors (Lipinski definition) is 3. The molecular formula is C27H39F3O3. The van der Waals surface area contributed by atoms with E-state index >= 15 is 0 Å². The van der Waals surface area contributed by atoms with E-state index in [1.54, 1.807) is 13.2 Å². The van der Waals surface area contributed by atoms with Crippen LogP contribution in [-0.4, -0.2) is 24.2 Å². The molecule has 6 heteroatoms. The van der Waals surface area contributed by atoms with Gasteiger partial charge < -0.3 is 14.6 Å². The number of hydrogen-bond donors (Lipinski definition) is 1. The summed E-state index contributed by atoms with van der Waals surface area (Å²) in [4.78, 5) is 0. The zero-order chi connectivity index (χ0) is 24.6. The van der Waals surface area contributed by atoms with Gasteiger partial charge >= 0.3 is 6.18 Å². The minimum atomic E-state index is -4.09. The minimum absolute atomic E-state index is 0.109. The smallest absolute Gasteiger partial charge is 0.389 e. The van der Waals surface area contributed by atoms with Crippen molar-refractivity contribution in [2.75, 3.05) is 7.11 Å². The van der Waals surface area contributed by atoms with Crippen LogP contribution in [0.2, 0.25) is 0 Å². The fourth-order valence-electron chi connectivity index (χ4n) is 4.27. The molecule has 1 aliphatic rings. The second kappa shape index (κ2) is 12.0. The molecule has 3 nitrogen and oxygen atoms in total. The number of alkyl halides is 3. The van der Waals surface area contributed by atoms with Gasteiger partial charge in [-0.05, 0) is 67.9 Å². The molecule has 1 aliphatic heterocycles. The summed E-state index contributed by atoms with van der Waals surface area (Å²) in [5.41, 5.74) is 3.09. The topological polar surface area (TPSA) is 38.7 Å². The van der Waals surface area contributed by atoms with Crippen molar-refractivity contribution in [3.05, 3.63) is 41.0 Å². The number of ether oxygens (including phenoxy) is 2. The summed E-state index contributed by atoms with van der Waals surface area (Å²) in [5, 5.41) is 11.0. The summed E-state index contributed by atoms with van der Waals surface area (Å²) < 4.78 is 48.8. The predicted molar refractivity (Wildman–Crippen MR) is 128 cm³/mol. The van der Waals surface area contributed by atoms with E-state index in [1.165, 1.54) is 5.57 Å². The molecule has 0 fully saturated rings. The Kier molecular flexibility index (Phi) is 9.89. The van der Waals surface area contributed by atoms with E-state index in [9.17, 15) is 18.3 Å². The molecule has 0 spiro atoms. The molecule has 0 saturated carbocycles. The van der Waals surface area contributed by atoms with Crippen molar-refractivity contribution in [2.24, 2.45) is 5.92 Å². The standard InChI is InChI=1S/C27H39F3O3/c1-6-10-19(2)11-9-14-26(31)16-13-23-24(32-5)17-22(18-25(23)33-26)21(4)20(3)12-7-8-15-27(28,29)30/h11,13,16-18,20-21,31H,6-10,12,14-15H2,1-5H3/b19-11-. The summed E-state index contributed by atoms with van der Waals surface area (Å²) in [6, 6.07) is 3.89. The Morgan fingerprint density at radius 2 is 1.97 bits per heavy atom. The molecule has 0 aromatic heterocycles. The second-order valence-electron chi connectivity index (χ2n) is 9.38. The van der Waals surface area contributed by atoms with E-state index in [2.05, 4.69) is 33.8 Å². The third-order valence-corrected chi connectivity index (χ3v) is 6.53. The van der Waals surface area contributed by atoms with Crippen LogP contribution in [0.3, 0.4) is 0 Å². The lowest BCUT2D eigenvalue weighted by Crippen LogP contribution is -2.35. The lowest BCUT2D eigenvalue weighted by atomic mass is 9.84. The lowest BCUT2D eigenvalue weighted by molar-refractivity contribution is -0.135. The summed E-state index contributed by atoms with van der Waals surface area (Å²) in [6.45, 7) is 8.38. The van der Waals surface area contributed by atoms with E-state index in [0.717, 1.165) is 24.0 Å². The second-order valence-corrected chi connectivity index (χ2v) is 9.38. The van der Waals surface area contributed by atoms with Crippen molar-refractivity contribution in [3.63, 3.8) is 0 Å². The molecule has 2 rings (SSSR count). The highest BCUT2D eigenvalue weighted by atomic mass is 19.4. The summed E-state index contributed by atoms with van der Waals surface area (Å²) in [7, 11) is 1.60. The minimum Gasteiger partial charge on any atom is -0.496 e. The van der Waals surface area contributed by atoms with Crippen molar-refractivity contribution in [1.29, 1.82) is 0 Å². The number of methoxy groups -OCH3 is 1. The maximum Gasteiger partial charge on any atom is 0.389 e. The molecule has 0 saturated heterocycles. The third kappa shape index (κ3) is 8.40. The number of rotatable bonds is 12. The highest BCUT2D eigenvalue weighted by Gasteiger charge is 2.31. The highest BCUT2D eigenvalue weighted by Crippen LogP contribution is 2.42. The van der Waals surface area contributed by atoms with Gasteiger partial charge in [-0.25, -0.2) is 0 Å². The summed E-state index contributed by atoms with van der Waals surface area (Å²) in [6.07, 6.45) is 5.55. The maximum absolute atomic E-state index is 12.4. The fraction of sp³-hybridized carbons (Fsp3) is 0.630. The van der Waals surface area contributed by atoms with Crippen molar-refractivity contribution >= 4 is 6.08 Å². The van der Waals surface area contributed by atoms with E-state index < -0.39 is 18.4 Å². The van der Waals surface area contributed by atoms with Crippen LogP contribution in [0.5, 0.6) is 11.5 Å². The van der Waals surface area contributed by atoms with E-state index in [1.807, 2.05) is 18.2 Å². The third-order valence-electron chi connectivity index (χ3n) is 6.53. The number of unbranched alkanes of at least 4 members (excludes halogenated alkanes) is 1. The van der Waals surface area contributed by atoms with Gasteiger partial charge in [-0.1, -0.05) is 51.7 Å². The number of allylic oxidation sites excluding steroid dienone is 2. The van der Waals surface area contributed by atoms with E-state index in [0.29, 0.717) is 37.2 Å². The average Bonchev–Trinajstić information content (AvgIpc) is 2.74. The van der Waals surface area contributed by atoms with Crippen LogP contribution in [-0.2, 0) is 0 Å². The quantitative estimate of drug-likeness (QED) is 0.248. The highest BCUT2D eigenvalue weighted by molar-refractivity contribution is 5.68. The van der Waals surface area contributed by atoms with Crippen molar-refractivity contribution in [2.45, 2.75) is 96.9 Å². The molecule has 186 valence electrons. The molecule has 0 aliphatic carbocycles. The Morgan fingerprint density at radius 1 is 1.24 bits per heavy atom. The van der Waals surface area contributed by atoms with E-state index in [-0.39, 0.29) is 18.3 Å². The molecule has 1 aromatic rings. The van der Waals surface area contributed by atoms with Gasteiger partial charge in [0.2, 0.25) is 5.79 Å². The first-order chi connectivity index (χ1) is 15.5. The van der Waals surface area contributed by atoms with E-state index in [4.69, 9.17) is 9.47 Å². The monoisotopic (exact) mass is 468 g/mol. The van der Waals surface area contributed by atoms with Crippen LogP contribution in [0.15, 0.2) is 29.9 Å². The van der Waals surface area contributed by atoms with Crippen molar-refractivity contribution in [3.8, 4) is 11.5 Å². The molecule has 1 N–H and O–H groups in total. The Bertz CT molecular complexity index is 829. The number of halogens is 3. The van der Waals surface area contributed by atoms with Crippen molar-refractivity contribution in [1.82, 2.24) is 0 Å². The van der Waals surface area contributed by atoms with Crippen LogP contribution < -0.4 is 9.47 Å². The number of aliphatic hydroxyl groups is 1. The molecule has 0 bridgehead atoms. The molecule has 3 unspecified atom stereocenters. The maximum atomic E-state index is 12.4. The molecule has 1 aromatic carbocycles. The van der Waals surface area contributed by atoms with Gasteiger partial charge in [-0.2, -0.15) is 13.2 Å². The van der Waals surface area contributed by atoms with Gasteiger partial charge in [0.1, 0.15) is 11.5 Å². The Morgan fingerprint density at radius 3 is 2.61 bits per heavy atom. The molecule has 3 atom stereocenters. The first kappa shape index (κ1) is 27.3. The molecule has 0 amide bonds. The van der Waals surface area contributed by atoms with Gasteiger partial charge in [0.05, 0.1) is 12.7 Å². The molecule has 33 heavy (non-hydrogen) atoms. The first-order valence-corrected chi connectivity index (χ1v) is 12.0. The zero-order valence-corrected chi connectivity index (χ0v) is 20.6. The SMILES string of the molecule is CCC/C(C)=C\CCC1(O)C=Cc2c(OC)cc(C(C)C(C)CCCCC(F)(F)F)cc2O1. The van der Waals surface area contributed by atoms with Gasteiger partial charge in [-0.15, -0.1) is 0 Å². The Balaban J connectivity index is 2.10. The predicted octanol–water partition coefficient (Wildman–Crippen LogP) is 8.18. The molecule has 0 radical (unpaired) electrons. The van der Waals surface area contributed by atoms with Gasteiger partial charge in [0.25, 0.3) is 0 Å². The van der Waals surface area contributed by atoms with Gasteiger partial charge in [-0.3, -0.25) is 0 Å². The van der Waals surface area contributed by atoms with Crippen LogP contribution in [0, 0.1) is 5.92 Å². The molecular weight excluding hydrogens is 429 g/mol. The lowest BCUT2D eigenvalue weighted by Gasteiger charge is -2.31. The van der Waals surface area contributed by atoms with Gasteiger partial charge in [0, 0.05) is 12.8 Å². The molecule has 1 heterocycles. The number of benzene rings is 1. The van der Waals surface area contributed by atoms with Crippen molar-refractivity contribution < 1.29 is 27.8 Å². The Labute approximate surface area is 196 Å². The van der Waals surface area contributed by atoms with Gasteiger partial charge in [0.15, 0.2) is 0 Å². The summed E-state index contributed by atoms with van der Waals surface area (Å²) in [5.74, 6) is 0.157. The Hall–Kier alpha value is -1.95. The average molecular weight is 469 g/mol. The van der Waals surface area contributed by atoms with Crippen LogP contribution >= 0.6 is 0 Å². The van der Waals surface area contributed by atoms with Crippen LogP contribution in [0.25, 0.3) is 6.08 Å². The zero-order valence-electron chi connectivity index (χ0n) is 20.6. The first-order valence-electron chi connectivity index (χ1n) is 12.0. The number of fused-ring (bicyclic) bond motifs is 1. The van der Waals surface area contributed by atoms with Crippen LogP contribution in [0.4, 0.5) is 13.2 Å².